The zero-order valence-electron chi connectivity index (χ0n) is 10.1. The second-order valence-electron chi connectivity index (χ2n) is 4.79. The van der Waals surface area contributed by atoms with Gasteiger partial charge in [0.1, 0.15) is 0 Å². The van der Waals surface area contributed by atoms with E-state index in [0.717, 1.165) is 22.1 Å². The molecular formula is C13H15BrClNO2. The van der Waals surface area contributed by atoms with Crippen molar-refractivity contribution in [3.8, 4) is 0 Å². The Hall–Kier alpha value is -0.580. The monoisotopic (exact) mass is 331 g/mol. The number of anilines is 1. The Morgan fingerprint density at radius 1 is 1.56 bits per heavy atom. The van der Waals surface area contributed by atoms with Crippen molar-refractivity contribution in [2.75, 3.05) is 24.4 Å². The molecule has 1 heterocycles. The first-order valence-electron chi connectivity index (χ1n) is 5.74. The van der Waals surface area contributed by atoms with E-state index in [1.165, 1.54) is 6.92 Å². The van der Waals surface area contributed by atoms with Crippen molar-refractivity contribution < 1.29 is 9.53 Å². The van der Waals surface area contributed by atoms with Crippen LogP contribution in [0.5, 0.6) is 0 Å². The summed E-state index contributed by atoms with van der Waals surface area (Å²) >= 11 is 9.43. The second-order valence-corrected chi connectivity index (χ2v) is 5.97. The maximum atomic E-state index is 11.2. The lowest BCUT2D eigenvalue weighted by Crippen LogP contribution is -2.46. The molecule has 0 bridgehead atoms. The molecular weight excluding hydrogens is 318 g/mol. The Balaban J connectivity index is 2.23. The molecule has 98 valence electrons. The first-order valence-corrected chi connectivity index (χ1v) is 7.07. The number of ether oxygens (including phenoxy) is 1. The predicted molar refractivity (Wildman–Crippen MR) is 76.1 cm³/mol. The quantitative estimate of drug-likeness (QED) is 0.860. The van der Waals surface area contributed by atoms with Gasteiger partial charge in [-0.2, -0.15) is 0 Å². The van der Waals surface area contributed by atoms with Gasteiger partial charge < -0.3 is 10.1 Å². The van der Waals surface area contributed by atoms with Gasteiger partial charge in [0.05, 0.1) is 13.2 Å². The number of halogens is 2. The van der Waals surface area contributed by atoms with Gasteiger partial charge in [-0.25, -0.2) is 0 Å². The van der Waals surface area contributed by atoms with E-state index in [4.69, 9.17) is 16.3 Å². The molecule has 0 aliphatic carbocycles. The number of rotatable bonds is 4. The van der Waals surface area contributed by atoms with Gasteiger partial charge in [0.2, 0.25) is 5.91 Å². The molecule has 0 aromatic heterocycles. The van der Waals surface area contributed by atoms with Crippen molar-refractivity contribution in [1.82, 2.24) is 0 Å². The Kier molecular flexibility index (Phi) is 4.30. The second kappa shape index (κ2) is 5.59. The first kappa shape index (κ1) is 13.8. The molecule has 0 radical (unpaired) electrons. The van der Waals surface area contributed by atoms with E-state index >= 15 is 0 Å². The minimum absolute atomic E-state index is 0.0165. The van der Waals surface area contributed by atoms with Crippen LogP contribution in [0.15, 0.2) is 22.7 Å². The van der Waals surface area contributed by atoms with E-state index in [0.29, 0.717) is 19.1 Å². The maximum Gasteiger partial charge on any atom is 0.221 e. The molecule has 2 rings (SSSR count). The van der Waals surface area contributed by atoms with E-state index in [9.17, 15) is 4.79 Å². The number of carbonyl (C=O) groups excluding carboxylic acids is 1. The van der Waals surface area contributed by atoms with Crippen LogP contribution in [-0.4, -0.2) is 25.0 Å². The molecule has 1 aromatic rings. The molecule has 1 saturated heterocycles. The summed E-state index contributed by atoms with van der Waals surface area (Å²) in [6.07, 6.45) is 0.819. The molecule has 1 amide bonds. The van der Waals surface area contributed by atoms with Gasteiger partial charge in [0, 0.05) is 28.4 Å². The lowest BCUT2D eigenvalue weighted by atomic mass is 9.81. The molecule has 1 fully saturated rings. The van der Waals surface area contributed by atoms with Crippen LogP contribution in [-0.2, 0) is 16.0 Å². The highest BCUT2D eigenvalue weighted by molar-refractivity contribution is 9.10. The van der Waals surface area contributed by atoms with Crippen molar-refractivity contribution in [1.29, 1.82) is 0 Å². The molecule has 1 aliphatic heterocycles. The molecule has 0 unspecified atom stereocenters. The smallest absolute Gasteiger partial charge is 0.221 e. The number of hydrogen-bond acceptors (Lipinski definition) is 2. The van der Waals surface area contributed by atoms with Crippen LogP contribution in [0.2, 0.25) is 0 Å². The zero-order chi connectivity index (χ0) is 13.2. The molecule has 0 atom stereocenters. The highest BCUT2D eigenvalue weighted by Crippen LogP contribution is 2.35. The van der Waals surface area contributed by atoms with Crippen LogP contribution in [0.3, 0.4) is 0 Å². The summed E-state index contributed by atoms with van der Waals surface area (Å²) in [6, 6.07) is 5.91. The molecule has 5 heteroatoms. The van der Waals surface area contributed by atoms with E-state index in [1.54, 1.807) is 0 Å². The lowest BCUT2D eigenvalue weighted by molar-refractivity contribution is -0.114. The summed E-state index contributed by atoms with van der Waals surface area (Å²) in [5.41, 5.74) is 1.95. The molecule has 1 aromatic carbocycles. The molecule has 0 saturated carbocycles. The minimum atomic E-state index is -0.0702. The Morgan fingerprint density at radius 3 is 2.78 bits per heavy atom. The summed E-state index contributed by atoms with van der Waals surface area (Å²) in [7, 11) is 0. The van der Waals surface area contributed by atoms with Crippen molar-refractivity contribution in [2.45, 2.75) is 13.3 Å². The van der Waals surface area contributed by atoms with Crippen LogP contribution in [0, 0.1) is 5.41 Å². The number of benzene rings is 1. The Bertz CT molecular complexity index is 455. The average molecular weight is 333 g/mol. The van der Waals surface area contributed by atoms with Crippen molar-refractivity contribution in [3.05, 3.63) is 28.2 Å². The van der Waals surface area contributed by atoms with Gasteiger partial charge in [-0.05, 0) is 24.1 Å². The lowest BCUT2D eigenvalue weighted by Gasteiger charge is -2.40. The summed E-state index contributed by atoms with van der Waals surface area (Å²) < 4.78 is 6.21. The molecule has 3 nitrogen and oxygen atoms in total. The molecule has 1 N–H and O–H groups in total. The number of alkyl halides is 1. The van der Waals surface area contributed by atoms with E-state index in [2.05, 4.69) is 21.2 Å². The van der Waals surface area contributed by atoms with Crippen LogP contribution in [0.4, 0.5) is 5.69 Å². The topological polar surface area (TPSA) is 38.3 Å². The SMILES string of the molecule is CC(=O)Nc1cc(Br)ccc1CC1(CCl)COC1. The van der Waals surface area contributed by atoms with Crippen LogP contribution in [0.25, 0.3) is 0 Å². The number of nitrogens with one attached hydrogen (secondary N) is 1. The van der Waals surface area contributed by atoms with Gasteiger partial charge >= 0.3 is 0 Å². The van der Waals surface area contributed by atoms with Crippen LogP contribution < -0.4 is 5.32 Å². The highest BCUT2D eigenvalue weighted by atomic mass is 79.9. The largest absolute Gasteiger partial charge is 0.380 e. The first-order chi connectivity index (χ1) is 8.54. The fourth-order valence-electron chi connectivity index (χ4n) is 2.03. The van der Waals surface area contributed by atoms with Crippen molar-refractivity contribution in [2.24, 2.45) is 5.41 Å². The summed E-state index contributed by atoms with van der Waals surface area (Å²) in [6.45, 7) is 2.88. The van der Waals surface area contributed by atoms with Crippen LogP contribution in [0.1, 0.15) is 12.5 Å². The van der Waals surface area contributed by atoms with Gasteiger partial charge in [-0.15, -0.1) is 11.6 Å². The van der Waals surface area contributed by atoms with Gasteiger partial charge in [0.15, 0.2) is 0 Å². The summed E-state index contributed by atoms with van der Waals surface area (Å²) in [5.74, 6) is 0.502. The van der Waals surface area contributed by atoms with Gasteiger partial charge in [-0.1, -0.05) is 22.0 Å². The predicted octanol–water partition coefficient (Wildman–Crippen LogP) is 3.21. The fourth-order valence-corrected chi connectivity index (χ4v) is 2.64. The average Bonchev–Trinajstić information content (AvgIpc) is 2.25. The highest BCUT2D eigenvalue weighted by Gasteiger charge is 2.38. The Labute approximate surface area is 120 Å². The standard InChI is InChI=1S/C13H15BrClNO2/c1-9(17)16-12-4-11(14)3-2-10(12)5-13(6-15)7-18-8-13/h2-4H,5-8H2,1H3,(H,16,17). The molecule has 1 aliphatic rings. The third kappa shape index (κ3) is 3.05. The van der Waals surface area contributed by atoms with Gasteiger partial charge in [0.25, 0.3) is 0 Å². The number of hydrogen-bond donors (Lipinski definition) is 1. The van der Waals surface area contributed by atoms with E-state index in [-0.39, 0.29) is 11.3 Å². The van der Waals surface area contributed by atoms with Gasteiger partial charge in [-0.3, -0.25) is 4.79 Å². The number of amides is 1. The zero-order valence-corrected chi connectivity index (χ0v) is 12.5. The van der Waals surface area contributed by atoms with Crippen LogP contribution >= 0.6 is 27.5 Å². The van der Waals surface area contributed by atoms with E-state index in [1.807, 2.05) is 18.2 Å². The third-order valence-corrected chi connectivity index (χ3v) is 4.11. The maximum absolute atomic E-state index is 11.2. The fraction of sp³-hybridized carbons (Fsp3) is 0.462. The minimum Gasteiger partial charge on any atom is -0.380 e. The molecule has 18 heavy (non-hydrogen) atoms. The van der Waals surface area contributed by atoms with Crippen molar-refractivity contribution >= 4 is 39.1 Å². The van der Waals surface area contributed by atoms with Crippen molar-refractivity contribution in [3.63, 3.8) is 0 Å². The summed E-state index contributed by atoms with van der Waals surface area (Å²) in [5, 5.41) is 2.86. The Morgan fingerprint density at radius 2 is 2.28 bits per heavy atom. The number of carbonyl (C=O) groups is 1. The normalized spacial score (nSPS) is 17.1. The third-order valence-electron chi connectivity index (χ3n) is 3.05. The van der Waals surface area contributed by atoms with E-state index < -0.39 is 0 Å². The summed E-state index contributed by atoms with van der Waals surface area (Å²) in [4.78, 5) is 11.2. The molecule has 0 spiro atoms.